The van der Waals surface area contributed by atoms with Crippen LogP contribution in [-0.2, 0) is 18.6 Å². The minimum Gasteiger partial charge on any atom is -0.482 e. The van der Waals surface area contributed by atoms with Crippen LogP contribution in [-0.4, -0.2) is 64.3 Å². The van der Waals surface area contributed by atoms with Gasteiger partial charge in [-0.3, -0.25) is 4.52 Å². The van der Waals surface area contributed by atoms with Gasteiger partial charge in [0.05, 0.1) is 42.6 Å². The second-order valence-electron chi connectivity index (χ2n) is 9.38. The summed E-state index contributed by atoms with van der Waals surface area (Å²) in [5.41, 5.74) is 2.89. The van der Waals surface area contributed by atoms with Gasteiger partial charge in [-0.25, -0.2) is 4.57 Å². The first-order valence-electron chi connectivity index (χ1n) is 11.5. The Morgan fingerprint density at radius 3 is 2.43 bits per heavy atom. The van der Waals surface area contributed by atoms with Gasteiger partial charge in [0, 0.05) is 12.5 Å². The van der Waals surface area contributed by atoms with Crippen molar-refractivity contribution in [2.75, 3.05) is 19.8 Å². The molecular formula is C21H31ClF6NO7P. The molecule has 0 aromatic carbocycles. The average Bonchev–Trinajstić information content (AvgIpc) is 2.78. The molecule has 1 aliphatic carbocycles. The number of ether oxygens (including phenoxy) is 2. The van der Waals surface area contributed by atoms with Crippen LogP contribution < -0.4 is 5.73 Å². The van der Waals surface area contributed by atoms with Crippen molar-refractivity contribution in [3.8, 4) is 0 Å². The number of phosphoric ester groups is 1. The monoisotopic (exact) mass is 589 g/mol. The fourth-order valence-corrected chi connectivity index (χ4v) is 4.85. The van der Waals surface area contributed by atoms with Gasteiger partial charge >= 0.3 is 20.2 Å². The Labute approximate surface area is 215 Å². The van der Waals surface area contributed by atoms with Crippen LogP contribution in [0.25, 0.3) is 0 Å². The highest BCUT2D eigenvalue weighted by atomic mass is 35.5. The Bertz CT molecular complexity index is 865. The van der Waals surface area contributed by atoms with Gasteiger partial charge in [-0.15, -0.1) is 0 Å². The van der Waals surface area contributed by atoms with Crippen LogP contribution in [0, 0.1) is 11.8 Å². The lowest BCUT2D eigenvalue weighted by molar-refractivity contribution is -0.208. The topological polar surface area (TPSA) is 131 Å². The largest absolute Gasteiger partial charge is 0.482 e. The molecule has 0 amide bonds. The van der Waals surface area contributed by atoms with E-state index in [1.165, 1.54) is 0 Å². The summed E-state index contributed by atoms with van der Waals surface area (Å²) in [5, 5.41) is 9.47. The highest BCUT2D eigenvalue weighted by molar-refractivity contribution is 7.46. The number of halogens is 7. The molecule has 0 bridgehead atoms. The third-order valence-corrected chi connectivity index (χ3v) is 7.30. The minimum absolute atomic E-state index is 0.0364. The second kappa shape index (κ2) is 13.0. The van der Waals surface area contributed by atoms with E-state index in [4.69, 9.17) is 36.6 Å². The van der Waals surface area contributed by atoms with Gasteiger partial charge in [-0.05, 0) is 44.9 Å². The van der Waals surface area contributed by atoms with Crippen LogP contribution in [0.2, 0.25) is 0 Å². The third-order valence-electron chi connectivity index (χ3n) is 6.38. The Morgan fingerprint density at radius 1 is 1.19 bits per heavy atom. The Hall–Kier alpha value is -0.860. The van der Waals surface area contributed by atoms with Crippen molar-refractivity contribution in [1.29, 1.82) is 0 Å². The molecule has 2 aliphatic rings. The van der Waals surface area contributed by atoms with E-state index >= 15 is 0 Å². The summed E-state index contributed by atoms with van der Waals surface area (Å²) in [5.74, 6) is -2.50. The lowest BCUT2D eigenvalue weighted by Gasteiger charge is -2.34. The van der Waals surface area contributed by atoms with Gasteiger partial charge in [-0.2, -0.15) is 26.3 Å². The SMILES string of the molecule is NC(CO)(CCC1=CCC(OCCCC2CC(C(F)(F)F)=CO[C@@H]2Cl)[C@@H](C(F)(F)F)C1)COP(=O)(O)O. The normalized spacial score (nSPS) is 27.2. The minimum atomic E-state index is -4.85. The van der Waals surface area contributed by atoms with Crippen molar-refractivity contribution < 1.29 is 59.8 Å². The van der Waals surface area contributed by atoms with E-state index in [1.54, 1.807) is 6.08 Å². The summed E-state index contributed by atoms with van der Waals surface area (Å²) in [4.78, 5) is 17.6. The van der Waals surface area contributed by atoms with E-state index in [-0.39, 0.29) is 45.1 Å². The number of allylic oxidation sites excluding steroid dienone is 2. The molecule has 5 atom stereocenters. The first-order valence-corrected chi connectivity index (χ1v) is 13.4. The summed E-state index contributed by atoms with van der Waals surface area (Å²) < 4.78 is 105. The van der Waals surface area contributed by atoms with Gasteiger partial charge in [0.25, 0.3) is 0 Å². The van der Waals surface area contributed by atoms with E-state index in [1.807, 2.05) is 0 Å². The van der Waals surface area contributed by atoms with Crippen molar-refractivity contribution in [3.05, 3.63) is 23.5 Å². The van der Waals surface area contributed by atoms with Crippen LogP contribution >= 0.6 is 19.4 Å². The number of rotatable bonds is 12. The molecule has 0 saturated carbocycles. The fraction of sp³-hybridized carbons (Fsp3) is 0.810. The first-order chi connectivity index (χ1) is 16.9. The predicted molar refractivity (Wildman–Crippen MR) is 120 cm³/mol. The summed E-state index contributed by atoms with van der Waals surface area (Å²) in [7, 11) is -4.85. The van der Waals surface area contributed by atoms with Gasteiger partial charge in [0.15, 0.2) is 5.56 Å². The molecule has 3 unspecified atom stereocenters. The van der Waals surface area contributed by atoms with E-state index in [0.29, 0.717) is 11.8 Å². The Morgan fingerprint density at radius 2 is 1.86 bits per heavy atom. The second-order valence-corrected chi connectivity index (χ2v) is 11.0. The molecule has 0 radical (unpaired) electrons. The molecule has 16 heteroatoms. The number of nitrogens with two attached hydrogens (primary N) is 1. The molecule has 0 fully saturated rings. The number of alkyl halides is 7. The highest BCUT2D eigenvalue weighted by Gasteiger charge is 2.47. The zero-order chi connectivity index (χ0) is 28.1. The Kier molecular flexibility index (Phi) is 11.4. The average molecular weight is 590 g/mol. The smallest absolute Gasteiger partial charge is 0.469 e. The lowest BCUT2D eigenvalue weighted by atomic mass is 9.82. The highest BCUT2D eigenvalue weighted by Crippen LogP contribution is 2.42. The Balaban J connectivity index is 1.90. The fourth-order valence-electron chi connectivity index (χ4n) is 4.16. The lowest BCUT2D eigenvalue weighted by Crippen LogP contribution is -2.48. The predicted octanol–water partition coefficient (Wildman–Crippen LogP) is 4.68. The molecule has 0 saturated heterocycles. The summed E-state index contributed by atoms with van der Waals surface area (Å²) in [6, 6.07) is 0. The molecule has 8 nitrogen and oxygen atoms in total. The quantitative estimate of drug-likeness (QED) is 0.0849. The molecule has 0 aromatic rings. The molecule has 5 N–H and O–H groups in total. The van der Waals surface area contributed by atoms with Crippen molar-refractivity contribution >= 4 is 19.4 Å². The number of aliphatic hydroxyl groups excluding tert-OH is 1. The van der Waals surface area contributed by atoms with Gasteiger partial charge in [0.2, 0.25) is 0 Å². The van der Waals surface area contributed by atoms with Crippen LogP contribution in [0.3, 0.4) is 0 Å². The number of hydrogen-bond donors (Lipinski definition) is 4. The van der Waals surface area contributed by atoms with Crippen LogP contribution in [0.15, 0.2) is 23.5 Å². The molecule has 1 aliphatic heterocycles. The van der Waals surface area contributed by atoms with Crippen molar-refractivity contribution in [3.63, 3.8) is 0 Å². The van der Waals surface area contributed by atoms with Gasteiger partial charge in [-0.1, -0.05) is 23.3 Å². The zero-order valence-corrected chi connectivity index (χ0v) is 21.3. The van der Waals surface area contributed by atoms with Crippen molar-refractivity contribution in [2.45, 2.75) is 74.5 Å². The van der Waals surface area contributed by atoms with E-state index < -0.39 is 74.4 Å². The summed E-state index contributed by atoms with van der Waals surface area (Å²) in [6.07, 6.45) is -8.68. The van der Waals surface area contributed by atoms with Crippen LogP contribution in [0.5, 0.6) is 0 Å². The molecule has 1 heterocycles. The third kappa shape index (κ3) is 10.7. The molecule has 2 rings (SSSR count). The number of aliphatic hydroxyl groups is 1. The molecule has 0 spiro atoms. The maximum absolute atomic E-state index is 13.7. The molecule has 37 heavy (non-hydrogen) atoms. The molecule has 0 aromatic heterocycles. The van der Waals surface area contributed by atoms with E-state index in [2.05, 4.69) is 4.52 Å². The van der Waals surface area contributed by atoms with E-state index in [9.17, 15) is 36.0 Å². The van der Waals surface area contributed by atoms with Crippen molar-refractivity contribution in [2.24, 2.45) is 17.6 Å². The van der Waals surface area contributed by atoms with E-state index in [0.717, 1.165) is 0 Å². The molecule has 216 valence electrons. The summed E-state index contributed by atoms with van der Waals surface area (Å²) >= 11 is 5.94. The maximum Gasteiger partial charge on any atom is 0.469 e. The maximum atomic E-state index is 13.7. The number of phosphoric acid groups is 1. The first kappa shape index (κ1) is 32.4. The standard InChI is InChI=1S/C21H31ClF6NO7P/c22-18-14(9-15(10-35-18)20(23,24)25)2-1-7-34-17-4-3-13(8-16(17)21(26,27)28)5-6-19(29,11-30)12-36-37(31,32)33/h3,10,14,16-18,30H,1-2,4-9,11-12,29H2,(H2,31,32,33)/t14?,16-,17?,18-,19?/m0/s1. The van der Waals surface area contributed by atoms with Crippen molar-refractivity contribution in [1.82, 2.24) is 0 Å². The van der Waals surface area contributed by atoms with Crippen LogP contribution in [0.1, 0.15) is 44.9 Å². The number of hydrogen-bond acceptors (Lipinski definition) is 6. The molecular weight excluding hydrogens is 559 g/mol. The zero-order valence-electron chi connectivity index (χ0n) is 19.7. The van der Waals surface area contributed by atoms with Crippen LogP contribution in [0.4, 0.5) is 26.3 Å². The summed E-state index contributed by atoms with van der Waals surface area (Å²) in [6.45, 7) is -1.50. The van der Waals surface area contributed by atoms with Gasteiger partial charge in [0.1, 0.15) is 0 Å². The van der Waals surface area contributed by atoms with Gasteiger partial charge < -0.3 is 30.1 Å².